The molecule has 0 spiro atoms. The van der Waals surface area contributed by atoms with Gasteiger partial charge in [0.1, 0.15) is 5.82 Å². The highest BCUT2D eigenvalue weighted by Crippen LogP contribution is 2.19. The third kappa shape index (κ3) is 5.14. The molecule has 23 heavy (non-hydrogen) atoms. The second-order valence-corrected chi connectivity index (χ2v) is 6.24. The van der Waals surface area contributed by atoms with E-state index in [1.54, 1.807) is 19.1 Å². The predicted molar refractivity (Wildman–Crippen MR) is 84.0 cm³/mol. The van der Waals surface area contributed by atoms with Crippen molar-refractivity contribution < 1.29 is 13.7 Å². The summed E-state index contributed by atoms with van der Waals surface area (Å²) in [6.07, 6.45) is 0.574. The van der Waals surface area contributed by atoms with E-state index in [2.05, 4.69) is 15.5 Å². The quantitative estimate of drug-likeness (QED) is 0.848. The lowest BCUT2D eigenvalue weighted by atomic mass is 10.1. The Labute approximate surface area is 134 Å². The van der Waals surface area contributed by atoms with Crippen LogP contribution >= 0.6 is 0 Å². The van der Waals surface area contributed by atoms with E-state index in [9.17, 15) is 9.18 Å². The van der Waals surface area contributed by atoms with Gasteiger partial charge in [0.05, 0.1) is 0 Å². The van der Waals surface area contributed by atoms with Crippen molar-refractivity contribution in [2.75, 3.05) is 6.54 Å². The van der Waals surface area contributed by atoms with Crippen LogP contribution in [0.15, 0.2) is 22.7 Å². The van der Waals surface area contributed by atoms with Crippen LogP contribution in [0.4, 0.5) is 4.39 Å². The number of rotatable bonds is 6. The zero-order chi connectivity index (χ0) is 17.0. The molecule has 124 valence electrons. The summed E-state index contributed by atoms with van der Waals surface area (Å²) >= 11 is 0. The molecule has 0 aliphatic heterocycles. The lowest BCUT2D eigenvalue weighted by Crippen LogP contribution is -2.45. The third-order valence-corrected chi connectivity index (χ3v) is 3.19. The van der Waals surface area contributed by atoms with E-state index < -0.39 is 5.54 Å². The Morgan fingerprint density at radius 3 is 2.83 bits per heavy atom. The third-order valence-electron chi connectivity index (χ3n) is 3.19. The molecule has 1 aromatic carbocycles. The molecule has 0 saturated heterocycles. The first-order valence-electron chi connectivity index (χ1n) is 7.39. The fraction of sp³-hybridized carbons (Fsp3) is 0.438. The van der Waals surface area contributed by atoms with E-state index >= 15 is 0 Å². The van der Waals surface area contributed by atoms with Crippen LogP contribution in [0, 0.1) is 12.7 Å². The summed E-state index contributed by atoms with van der Waals surface area (Å²) in [4.78, 5) is 16.0. The van der Waals surface area contributed by atoms with Crippen LogP contribution in [-0.4, -0.2) is 28.1 Å². The zero-order valence-corrected chi connectivity index (χ0v) is 13.5. The number of carbonyl (C=O) groups excluding carboxylic acids is 1. The second kappa shape index (κ2) is 6.87. The summed E-state index contributed by atoms with van der Waals surface area (Å²) in [5, 5.41) is 6.61. The molecule has 0 unspecified atom stereocenters. The Morgan fingerprint density at radius 1 is 1.43 bits per heavy atom. The van der Waals surface area contributed by atoms with Crippen molar-refractivity contribution in [1.29, 1.82) is 0 Å². The number of aromatic nitrogens is 2. The molecule has 2 rings (SSSR count). The average molecular weight is 320 g/mol. The van der Waals surface area contributed by atoms with Gasteiger partial charge >= 0.3 is 0 Å². The number of nitrogens with two attached hydrogens (primary N) is 1. The lowest BCUT2D eigenvalue weighted by molar-refractivity contribution is -0.121. The van der Waals surface area contributed by atoms with E-state index in [0.717, 1.165) is 0 Å². The molecular weight excluding hydrogens is 299 g/mol. The smallest absolute Gasteiger partial charge is 0.227 e. The van der Waals surface area contributed by atoms with Crippen molar-refractivity contribution in [2.24, 2.45) is 5.73 Å². The summed E-state index contributed by atoms with van der Waals surface area (Å²) in [5.74, 6) is 0.341. The Kier molecular flexibility index (Phi) is 5.10. The van der Waals surface area contributed by atoms with E-state index in [-0.39, 0.29) is 18.1 Å². The van der Waals surface area contributed by atoms with E-state index in [1.807, 2.05) is 13.8 Å². The number of benzene rings is 1. The standard InChI is InChI=1S/C16H21FN4O2/c1-10-8-11(4-5-12(10)17)15-20-14(23-21-15)7-6-13(22)19-9-16(2,3)18/h4-5,8H,6-7,9,18H2,1-3H3,(H,19,22). The molecule has 1 amide bonds. The van der Waals surface area contributed by atoms with Gasteiger partial charge in [-0.25, -0.2) is 4.39 Å². The Hall–Kier alpha value is -2.28. The molecule has 6 nitrogen and oxygen atoms in total. The summed E-state index contributed by atoms with van der Waals surface area (Å²) in [5.41, 5.74) is 6.53. The molecule has 0 aliphatic rings. The van der Waals surface area contributed by atoms with E-state index in [4.69, 9.17) is 10.3 Å². The van der Waals surface area contributed by atoms with Crippen molar-refractivity contribution in [3.05, 3.63) is 35.5 Å². The van der Waals surface area contributed by atoms with Gasteiger partial charge in [-0.15, -0.1) is 0 Å². The molecule has 0 saturated carbocycles. The molecule has 0 atom stereocenters. The number of amides is 1. The van der Waals surface area contributed by atoms with Gasteiger partial charge in [-0.1, -0.05) is 5.16 Å². The Bertz CT molecular complexity index is 692. The van der Waals surface area contributed by atoms with E-state index in [0.29, 0.717) is 35.8 Å². The average Bonchev–Trinajstić information content (AvgIpc) is 2.94. The molecule has 0 fully saturated rings. The van der Waals surface area contributed by atoms with Crippen LogP contribution < -0.4 is 11.1 Å². The molecule has 3 N–H and O–H groups in total. The molecule has 2 aromatic rings. The predicted octanol–water partition coefficient (Wildman–Crippen LogP) is 1.97. The maximum Gasteiger partial charge on any atom is 0.227 e. The molecular formula is C16H21FN4O2. The van der Waals surface area contributed by atoms with Crippen LogP contribution in [-0.2, 0) is 11.2 Å². The number of aryl methyl sites for hydroxylation is 2. The van der Waals surface area contributed by atoms with Crippen LogP contribution in [0.25, 0.3) is 11.4 Å². The van der Waals surface area contributed by atoms with Crippen LogP contribution in [0.5, 0.6) is 0 Å². The van der Waals surface area contributed by atoms with Gasteiger partial charge in [0.25, 0.3) is 0 Å². The summed E-state index contributed by atoms with van der Waals surface area (Å²) in [6, 6.07) is 4.61. The van der Waals surface area contributed by atoms with Gasteiger partial charge in [0.15, 0.2) is 0 Å². The Morgan fingerprint density at radius 2 is 2.17 bits per heavy atom. The first kappa shape index (κ1) is 17.1. The minimum Gasteiger partial charge on any atom is -0.354 e. The minimum atomic E-state index is -0.451. The minimum absolute atomic E-state index is 0.124. The number of nitrogens with one attached hydrogen (secondary N) is 1. The molecule has 0 radical (unpaired) electrons. The summed E-state index contributed by atoms with van der Waals surface area (Å²) in [7, 11) is 0. The van der Waals surface area contributed by atoms with Gasteiger partial charge in [0.2, 0.25) is 17.6 Å². The van der Waals surface area contributed by atoms with Crippen molar-refractivity contribution in [3.63, 3.8) is 0 Å². The normalized spacial score (nSPS) is 11.5. The largest absolute Gasteiger partial charge is 0.354 e. The first-order valence-corrected chi connectivity index (χ1v) is 7.39. The monoisotopic (exact) mass is 320 g/mol. The van der Waals surface area contributed by atoms with Gasteiger partial charge < -0.3 is 15.6 Å². The fourth-order valence-corrected chi connectivity index (χ4v) is 1.89. The van der Waals surface area contributed by atoms with Crippen LogP contribution in [0.3, 0.4) is 0 Å². The molecule has 1 heterocycles. The van der Waals surface area contributed by atoms with Crippen molar-refractivity contribution in [1.82, 2.24) is 15.5 Å². The fourth-order valence-electron chi connectivity index (χ4n) is 1.89. The van der Waals surface area contributed by atoms with Crippen molar-refractivity contribution >= 4 is 5.91 Å². The highest BCUT2D eigenvalue weighted by Gasteiger charge is 2.14. The number of halogens is 1. The van der Waals surface area contributed by atoms with Gasteiger partial charge in [-0.2, -0.15) is 4.98 Å². The Balaban J connectivity index is 1.92. The number of carbonyl (C=O) groups is 1. The maximum absolute atomic E-state index is 13.3. The second-order valence-electron chi connectivity index (χ2n) is 6.24. The number of hydrogen-bond donors (Lipinski definition) is 2. The number of nitrogens with zero attached hydrogens (tertiary/aromatic N) is 2. The van der Waals surface area contributed by atoms with Gasteiger partial charge in [0, 0.05) is 30.5 Å². The lowest BCUT2D eigenvalue weighted by Gasteiger charge is -2.18. The summed E-state index contributed by atoms with van der Waals surface area (Å²) < 4.78 is 18.4. The van der Waals surface area contributed by atoms with Crippen molar-refractivity contribution in [2.45, 2.75) is 39.2 Å². The van der Waals surface area contributed by atoms with E-state index in [1.165, 1.54) is 6.07 Å². The van der Waals surface area contributed by atoms with Crippen molar-refractivity contribution in [3.8, 4) is 11.4 Å². The highest BCUT2D eigenvalue weighted by molar-refractivity contribution is 5.76. The molecule has 1 aromatic heterocycles. The van der Waals surface area contributed by atoms with Gasteiger partial charge in [-0.05, 0) is 44.5 Å². The number of hydrogen-bond acceptors (Lipinski definition) is 5. The molecule has 0 bridgehead atoms. The molecule has 7 heteroatoms. The van der Waals surface area contributed by atoms with Crippen LogP contribution in [0.1, 0.15) is 31.7 Å². The zero-order valence-electron chi connectivity index (χ0n) is 13.5. The first-order chi connectivity index (χ1) is 10.7. The topological polar surface area (TPSA) is 94.0 Å². The maximum atomic E-state index is 13.3. The van der Waals surface area contributed by atoms with Gasteiger partial charge in [-0.3, -0.25) is 4.79 Å². The highest BCUT2D eigenvalue weighted by atomic mass is 19.1. The summed E-state index contributed by atoms with van der Waals surface area (Å²) in [6.45, 7) is 5.74. The SMILES string of the molecule is Cc1cc(-c2noc(CCC(=O)NCC(C)(C)N)n2)ccc1F. The van der Waals surface area contributed by atoms with Crippen LogP contribution in [0.2, 0.25) is 0 Å². The molecule has 0 aliphatic carbocycles.